The van der Waals surface area contributed by atoms with E-state index in [9.17, 15) is 9.59 Å². The Hall–Kier alpha value is -3.90. The fourth-order valence-corrected chi connectivity index (χ4v) is 3.86. The highest BCUT2D eigenvalue weighted by molar-refractivity contribution is 5.95. The van der Waals surface area contributed by atoms with Gasteiger partial charge in [0.15, 0.2) is 0 Å². The molecule has 31 heavy (non-hydrogen) atoms. The molecule has 0 bridgehead atoms. The van der Waals surface area contributed by atoms with Gasteiger partial charge in [-0.1, -0.05) is 66.7 Å². The van der Waals surface area contributed by atoms with Crippen LogP contribution in [0.1, 0.15) is 23.7 Å². The number of nitrogens with zero attached hydrogens (tertiary/aromatic N) is 2. The van der Waals surface area contributed by atoms with Crippen molar-refractivity contribution in [3.63, 3.8) is 0 Å². The van der Waals surface area contributed by atoms with Gasteiger partial charge in [-0.3, -0.25) is 14.2 Å². The quantitative estimate of drug-likeness (QED) is 0.327. The molecule has 5 rings (SSSR count). The second-order valence-electron chi connectivity index (χ2n) is 7.34. The average Bonchev–Trinajstić information content (AvgIpc) is 3.29. The van der Waals surface area contributed by atoms with Gasteiger partial charge in [0.05, 0.1) is 17.6 Å². The number of hydrogen-bond acceptors (Lipinski definition) is 4. The van der Waals surface area contributed by atoms with Gasteiger partial charge in [-0.25, -0.2) is 4.79 Å². The number of rotatable bonds is 6. The third-order valence-electron chi connectivity index (χ3n) is 5.29. The highest BCUT2D eigenvalue weighted by Crippen LogP contribution is 2.37. The first-order chi connectivity index (χ1) is 15.2. The van der Waals surface area contributed by atoms with E-state index in [1.165, 1.54) is 5.06 Å². The predicted octanol–water partition coefficient (Wildman–Crippen LogP) is 5.09. The highest BCUT2D eigenvalue weighted by Gasteiger charge is 2.41. The van der Waals surface area contributed by atoms with Crippen LogP contribution < -0.4 is 4.74 Å². The summed E-state index contributed by atoms with van der Waals surface area (Å²) < 4.78 is 7.08. The van der Waals surface area contributed by atoms with Gasteiger partial charge in [0.1, 0.15) is 18.4 Å². The summed E-state index contributed by atoms with van der Waals surface area (Å²) in [5.74, 6) is 0.0325. The normalized spacial score (nSPS) is 15.3. The van der Waals surface area contributed by atoms with Crippen LogP contribution >= 0.6 is 0 Å². The van der Waals surface area contributed by atoms with Crippen molar-refractivity contribution >= 4 is 22.9 Å². The van der Waals surface area contributed by atoms with E-state index in [4.69, 9.17) is 9.57 Å². The topological polar surface area (TPSA) is 60.8 Å². The van der Waals surface area contributed by atoms with Crippen molar-refractivity contribution in [1.29, 1.82) is 0 Å². The third-order valence-corrected chi connectivity index (χ3v) is 5.29. The van der Waals surface area contributed by atoms with Gasteiger partial charge in [-0.2, -0.15) is 5.06 Å². The van der Waals surface area contributed by atoms with Crippen molar-refractivity contribution in [3.05, 3.63) is 102 Å². The summed E-state index contributed by atoms with van der Waals surface area (Å²) in [6, 6.07) is 27.2. The monoisotopic (exact) mass is 412 g/mol. The van der Waals surface area contributed by atoms with Crippen molar-refractivity contribution in [3.8, 4) is 5.75 Å². The zero-order valence-corrected chi connectivity index (χ0v) is 16.7. The SMILES string of the molecule is O=C(CC1c2cc3ccccc3n2C(=O)N1OCc1ccccc1)Oc1ccccc1. The molecule has 1 aliphatic heterocycles. The van der Waals surface area contributed by atoms with Crippen molar-refractivity contribution in [2.45, 2.75) is 19.1 Å². The molecule has 6 nitrogen and oxygen atoms in total. The molecular weight excluding hydrogens is 392 g/mol. The molecule has 2 heterocycles. The number of benzene rings is 3. The molecule has 0 fully saturated rings. The molecule has 1 aromatic heterocycles. The first-order valence-corrected chi connectivity index (χ1v) is 10.1. The summed E-state index contributed by atoms with van der Waals surface area (Å²) in [7, 11) is 0. The fourth-order valence-electron chi connectivity index (χ4n) is 3.86. The number of hydroxylamine groups is 2. The number of carbonyl (C=O) groups excluding carboxylic acids is 2. The Morgan fingerprint density at radius 2 is 1.55 bits per heavy atom. The van der Waals surface area contributed by atoms with E-state index in [1.807, 2.05) is 66.7 Å². The number of ether oxygens (including phenoxy) is 1. The molecule has 0 radical (unpaired) electrons. The molecule has 1 atom stereocenters. The number of carbonyl (C=O) groups is 2. The lowest BCUT2D eigenvalue weighted by Crippen LogP contribution is -2.31. The Labute approximate surface area is 179 Å². The molecule has 6 heteroatoms. The zero-order valence-electron chi connectivity index (χ0n) is 16.7. The van der Waals surface area contributed by atoms with Crippen LogP contribution in [-0.4, -0.2) is 21.6 Å². The van der Waals surface area contributed by atoms with Crippen LogP contribution in [0.25, 0.3) is 10.9 Å². The van der Waals surface area contributed by atoms with Crippen molar-refractivity contribution < 1.29 is 19.2 Å². The summed E-state index contributed by atoms with van der Waals surface area (Å²) in [6.45, 7) is 0.222. The van der Waals surface area contributed by atoms with Crippen LogP contribution in [0.15, 0.2) is 91.0 Å². The summed E-state index contributed by atoms with van der Waals surface area (Å²) >= 11 is 0. The lowest BCUT2D eigenvalue weighted by atomic mass is 10.1. The maximum atomic E-state index is 13.3. The third kappa shape index (κ3) is 3.69. The van der Waals surface area contributed by atoms with Gasteiger partial charge in [0, 0.05) is 5.39 Å². The minimum atomic E-state index is -0.583. The second-order valence-corrected chi connectivity index (χ2v) is 7.34. The highest BCUT2D eigenvalue weighted by atomic mass is 16.7. The van der Waals surface area contributed by atoms with Crippen LogP contribution in [0, 0.1) is 0 Å². The maximum absolute atomic E-state index is 13.3. The standard InChI is InChI=1S/C25H20N2O4/c28-24(31-20-12-5-2-6-13-20)16-23-22-15-19-11-7-8-14-21(19)26(22)25(29)27(23)30-17-18-9-3-1-4-10-18/h1-15,23H,16-17H2. The average molecular weight is 412 g/mol. The van der Waals surface area contributed by atoms with Crippen molar-refractivity contribution in [2.75, 3.05) is 0 Å². The summed E-state index contributed by atoms with van der Waals surface area (Å²) in [5, 5.41) is 2.23. The van der Waals surface area contributed by atoms with Gasteiger partial charge in [-0.15, -0.1) is 0 Å². The molecular formula is C25H20N2O4. The smallest absolute Gasteiger partial charge is 0.353 e. The first-order valence-electron chi connectivity index (χ1n) is 10.1. The Bertz CT molecular complexity index is 1230. The number of esters is 1. The Morgan fingerprint density at radius 3 is 2.32 bits per heavy atom. The van der Waals surface area contributed by atoms with Crippen LogP contribution in [0.2, 0.25) is 0 Å². The van der Waals surface area contributed by atoms with E-state index in [0.717, 1.165) is 16.5 Å². The van der Waals surface area contributed by atoms with E-state index < -0.39 is 12.0 Å². The van der Waals surface area contributed by atoms with Crippen LogP contribution in [0.3, 0.4) is 0 Å². The molecule has 0 N–H and O–H groups in total. The summed E-state index contributed by atoms with van der Waals surface area (Å²) in [5.41, 5.74) is 2.43. The van der Waals surface area contributed by atoms with Crippen LogP contribution in [0.4, 0.5) is 4.79 Å². The van der Waals surface area contributed by atoms with E-state index in [1.54, 1.807) is 28.8 Å². The van der Waals surface area contributed by atoms with Crippen molar-refractivity contribution in [2.24, 2.45) is 0 Å². The molecule has 0 spiro atoms. The minimum absolute atomic E-state index is 0.0221. The molecule has 1 amide bonds. The Kier molecular flexibility index (Phi) is 4.98. The van der Waals surface area contributed by atoms with Crippen LogP contribution in [0.5, 0.6) is 5.75 Å². The van der Waals surface area contributed by atoms with E-state index >= 15 is 0 Å². The van der Waals surface area contributed by atoms with Gasteiger partial charge in [0.25, 0.3) is 0 Å². The van der Waals surface area contributed by atoms with Crippen LogP contribution in [-0.2, 0) is 16.2 Å². The molecule has 0 saturated carbocycles. The number of aromatic nitrogens is 1. The molecule has 1 aliphatic rings. The molecule has 154 valence electrons. The molecule has 0 saturated heterocycles. The van der Waals surface area contributed by atoms with Gasteiger partial charge < -0.3 is 4.74 Å². The predicted molar refractivity (Wildman–Crippen MR) is 115 cm³/mol. The van der Waals surface area contributed by atoms with Gasteiger partial charge in [-0.05, 0) is 29.8 Å². The molecule has 4 aromatic rings. The number of amides is 1. The Balaban J connectivity index is 1.43. The lowest BCUT2D eigenvalue weighted by Gasteiger charge is -2.22. The van der Waals surface area contributed by atoms with Crippen molar-refractivity contribution in [1.82, 2.24) is 9.63 Å². The maximum Gasteiger partial charge on any atom is 0.353 e. The largest absolute Gasteiger partial charge is 0.426 e. The zero-order chi connectivity index (χ0) is 21.2. The minimum Gasteiger partial charge on any atom is -0.426 e. The first kappa shape index (κ1) is 19.1. The van der Waals surface area contributed by atoms with E-state index in [0.29, 0.717) is 11.4 Å². The van der Waals surface area contributed by atoms with Gasteiger partial charge in [0.2, 0.25) is 0 Å². The number of fused-ring (bicyclic) bond motifs is 3. The second kappa shape index (κ2) is 8.08. The fraction of sp³-hybridized carbons (Fsp3) is 0.120. The number of para-hydroxylation sites is 2. The van der Waals surface area contributed by atoms with Gasteiger partial charge >= 0.3 is 12.0 Å². The molecule has 3 aromatic carbocycles. The summed E-state index contributed by atoms with van der Waals surface area (Å²) in [6.07, 6.45) is -0.0221. The molecule has 1 unspecified atom stereocenters. The number of hydrogen-bond donors (Lipinski definition) is 0. The van der Waals surface area contributed by atoms with E-state index in [2.05, 4.69) is 0 Å². The lowest BCUT2D eigenvalue weighted by molar-refractivity contribution is -0.158. The Morgan fingerprint density at radius 1 is 0.871 bits per heavy atom. The molecule has 0 aliphatic carbocycles. The summed E-state index contributed by atoms with van der Waals surface area (Å²) in [4.78, 5) is 31.9. The van der Waals surface area contributed by atoms with E-state index in [-0.39, 0.29) is 19.1 Å².